The summed E-state index contributed by atoms with van der Waals surface area (Å²) in [5, 5.41) is 3.36. The van der Waals surface area contributed by atoms with E-state index in [0.717, 1.165) is 48.7 Å². The molecule has 2 rings (SSSR count). The number of ether oxygens (including phenoxy) is 2. The van der Waals surface area contributed by atoms with Gasteiger partial charge >= 0.3 is 0 Å². The summed E-state index contributed by atoms with van der Waals surface area (Å²) in [7, 11) is 0. The first-order valence-electron chi connectivity index (χ1n) is 7.94. The SMILES string of the molecule is CCCCOc1cccc(NCCOc2ccccc2C)c1. The lowest BCUT2D eigenvalue weighted by molar-refractivity contribution is 0.309. The lowest BCUT2D eigenvalue weighted by atomic mass is 10.2. The molecule has 0 aromatic heterocycles. The van der Waals surface area contributed by atoms with Gasteiger partial charge in [0.1, 0.15) is 18.1 Å². The Hall–Kier alpha value is -2.16. The van der Waals surface area contributed by atoms with E-state index >= 15 is 0 Å². The predicted octanol–water partition coefficient (Wildman–Crippen LogP) is 4.66. The molecule has 2 aromatic rings. The second-order valence-electron chi connectivity index (χ2n) is 5.27. The van der Waals surface area contributed by atoms with Gasteiger partial charge in [-0.25, -0.2) is 0 Å². The van der Waals surface area contributed by atoms with Crippen LogP contribution in [-0.4, -0.2) is 19.8 Å². The summed E-state index contributed by atoms with van der Waals surface area (Å²) in [4.78, 5) is 0. The van der Waals surface area contributed by atoms with Crippen LogP contribution in [0.5, 0.6) is 11.5 Å². The van der Waals surface area contributed by atoms with Crippen LogP contribution in [0.4, 0.5) is 5.69 Å². The Morgan fingerprint density at radius 2 is 1.82 bits per heavy atom. The molecule has 0 radical (unpaired) electrons. The van der Waals surface area contributed by atoms with Crippen LogP contribution in [0.15, 0.2) is 48.5 Å². The van der Waals surface area contributed by atoms with Gasteiger partial charge in [0, 0.05) is 18.3 Å². The zero-order valence-electron chi connectivity index (χ0n) is 13.5. The maximum atomic E-state index is 5.77. The number of para-hydroxylation sites is 1. The molecule has 2 aromatic carbocycles. The molecule has 0 aliphatic heterocycles. The largest absolute Gasteiger partial charge is 0.494 e. The van der Waals surface area contributed by atoms with Gasteiger partial charge in [0.2, 0.25) is 0 Å². The lowest BCUT2D eigenvalue weighted by Crippen LogP contribution is -2.12. The Morgan fingerprint density at radius 3 is 2.64 bits per heavy atom. The lowest BCUT2D eigenvalue weighted by Gasteiger charge is -2.11. The van der Waals surface area contributed by atoms with Crippen molar-refractivity contribution in [3.8, 4) is 11.5 Å². The van der Waals surface area contributed by atoms with Crippen molar-refractivity contribution in [3.05, 3.63) is 54.1 Å². The van der Waals surface area contributed by atoms with E-state index in [1.807, 2.05) is 42.5 Å². The van der Waals surface area contributed by atoms with Gasteiger partial charge in [0.25, 0.3) is 0 Å². The number of nitrogens with one attached hydrogen (secondary N) is 1. The molecule has 0 atom stereocenters. The summed E-state index contributed by atoms with van der Waals surface area (Å²) in [5.41, 5.74) is 2.22. The summed E-state index contributed by atoms with van der Waals surface area (Å²) in [6, 6.07) is 16.1. The van der Waals surface area contributed by atoms with Crippen LogP contribution in [0, 0.1) is 6.92 Å². The molecular formula is C19H25NO2. The average molecular weight is 299 g/mol. The normalized spacial score (nSPS) is 10.3. The highest BCUT2D eigenvalue weighted by atomic mass is 16.5. The third-order valence-corrected chi connectivity index (χ3v) is 3.38. The zero-order chi connectivity index (χ0) is 15.6. The van der Waals surface area contributed by atoms with Crippen molar-refractivity contribution < 1.29 is 9.47 Å². The Balaban J connectivity index is 1.75. The summed E-state index contributed by atoms with van der Waals surface area (Å²) < 4.78 is 11.5. The zero-order valence-corrected chi connectivity index (χ0v) is 13.5. The number of hydrogen-bond acceptors (Lipinski definition) is 3. The third kappa shape index (κ3) is 5.32. The molecule has 0 saturated carbocycles. The van der Waals surface area contributed by atoms with Crippen LogP contribution >= 0.6 is 0 Å². The molecule has 22 heavy (non-hydrogen) atoms. The second-order valence-corrected chi connectivity index (χ2v) is 5.27. The van der Waals surface area contributed by atoms with E-state index in [-0.39, 0.29) is 0 Å². The number of benzene rings is 2. The van der Waals surface area contributed by atoms with Crippen molar-refractivity contribution in [2.24, 2.45) is 0 Å². The smallest absolute Gasteiger partial charge is 0.122 e. The van der Waals surface area contributed by atoms with E-state index in [1.165, 1.54) is 0 Å². The molecule has 0 saturated heterocycles. The molecule has 0 heterocycles. The summed E-state index contributed by atoms with van der Waals surface area (Å²) >= 11 is 0. The van der Waals surface area contributed by atoms with E-state index in [2.05, 4.69) is 25.2 Å². The van der Waals surface area contributed by atoms with E-state index in [9.17, 15) is 0 Å². The number of hydrogen-bond donors (Lipinski definition) is 1. The molecule has 0 bridgehead atoms. The highest BCUT2D eigenvalue weighted by Crippen LogP contribution is 2.18. The monoisotopic (exact) mass is 299 g/mol. The van der Waals surface area contributed by atoms with E-state index < -0.39 is 0 Å². The molecule has 0 spiro atoms. The van der Waals surface area contributed by atoms with Gasteiger partial charge in [-0.3, -0.25) is 0 Å². The van der Waals surface area contributed by atoms with Crippen molar-refractivity contribution in [1.29, 1.82) is 0 Å². The number of rotatable bonds is 9. The van der Waals surface area contributed by atoms with Gasteiger partial charge in [-0.15, -0.1) is 0 Å². The van der Waals surface area contributed by atoms with Crippen molar-refractivity contribution in [3.63, 3.8) is 0 Å². The minimum absolute atomic E-state index is 0.631. The van der Waals surface area contributed by atoms with E-state index in [1.54, 1.807) is 0 Å². The fraction of sp³-hybridized carbons (Fsp3) is 0.368. The Bertz CT molecular complexity index is 569. The topological polar surface area (TPSA) is 30.5 Å². The highest BCUT2D eigenvalue weighted by molar-refractivity contribution is 5.48. The Morgan fingerprint density at radius 1 is 0.955 bits per heavy atom. The highest BCUT2D eigenvalue weighted by Gasteiger charge is 1.99. The number of anilines is 1. The summed E-state index contributed by atoms with van der Waals surface area (Å²) in [6.07, 6.45) is 2.23. The van der Waals surface area contributed by atoms with E-state index in [0.29, 0.717) is 6.61 Å². The molecule has 3 heteroatoms. The van der Waals surface area contributed by atoms with Gasteiger partial charge in [-0.1, -0.05) is 37.6 Å². The fourth-order valence-corrected chi connectivity index (χ4v) is 2.10. The Kier molecular flexibility index (Phi) is 6.62. The van der Waals surface area contributed by atoms with Crippen molar-refractivity contribution in [1.82, 2.24) is 0 Å². The van der Waals surface area contributed by atoms with E-state index in [4.69, 9.17) is 9.47 Å². The van der Waals surface area contributed by atoms with Gasteiger partial charge in [-0.2, -0.15) is 0 Å². The van der Waals surface area contributed by atoms with Gasteiger partial charge in [0.05, 0.1) is 6.61 Å². The molecule has 0 aliphatic rings. The van der Waals surface area contributed by atoms with Crippen molar-refractivity contribution in [2.75, 3.05) is 25.1 Å². The van der Waals surface area contributed by atoms with Gasteiger partial charge < -0.3 is 14.8 Å². The predicted molar refractivity (Wildman–Crippen MR) is 92.0 cm³/mol. The van der Waals surface area contributed by atoms with Crippen LogP contribution in [-0.2, 0) is 0 Å². The quantitative estimate of drug-likeness (QED) is 0.683. The number of aryl methyl sites for hydroxylation is 1. The molecule has 0 unspecified atom stereocenters. The van der Waals surface area contributed by atoms with Crippen LogP contribution in [0.1, 0.15) is 25.3 Å². The molecule has 3 nitrogen and oxygen atoms in total. The van der Waals surface area contributed by atoms with Gasteiger partial charge in [-0.05, 0) is 37.1 Å². The first kappa shape index (κ1) is 16.2. The Labute approximate surface area is 133 Å². The van der Waals surface area contributed by atoms with Crippen LogP contribution in [0.3, 0.4) is 0 Å². The average Bonchev–Trinajstić information content (AvgIpc) is 2.54. The molecular weight excluding hydrogens is 274 g/mol. The number of unbranched alkanes of at least 4 members (excludes halogenated alkanes) is 1. The molecule has 1 N–H and O–H groups in total. The molecule has 118 valence electrons. The summed E-state index contributed by atoms with van der Waals surface area (Å²) in [5.74, 6) is 1.86. The minimum atomic E-state index is 0.631. The minimum Gasteiger partial charge on any atom is -0.494 e. The molecule has 0 aliphatic carbocycles. The third-order valence-electron chi connectivity index (χ3n) is 3.38. The fourth-order valence-electron chi connectivity index (χ4n) is 2.10. The van der Waals surface area contributed by atoms with Crippen molar-refractivity contribution >= 4 is 5.69 Å². The molecule has 0 fully saturated rings. The molecule has 0 amide bonds. The van der Waals surface area contributed by atoms with Crippen LogP contribution in [0.25, 0.3) is 0 Å². The first-order valence-corrected chi connectivity index (χ1v) is 7.94. The van der Waals surface area contributed by atoms with Gasteiger partial charge in [0.15, 0.2) is 0 Å². The maximum absolute atomic E-state index is 5.77. The van der Waals surface area contributed by atoms with Crippen LogP contribution < -0.4 is 14.8 Å². The van der Waals surface area contributed by atoms with Crippen molar-refractivity contribution in [2.45, 2.75) is 26.7 Å². The van der Waals surface area contributed by atoms with Crippen LogP contribution in [0.2, 0.25) is 0 Å². The maximum Gasteiger partial charge on any atom is 0.122 e. The first-order chi connectivity index (χ1) is 10.8. The summed E-state index contributed by atoms with van der Waals surface area (Å²) in [6.45, 7) is 6.38. The standard InChI is InChI=1S/C19H25NO2/c1-3-4-13-21-18-10-7-9-17(15-18)20-12-14-22-19-11-6-5-8-16(19)2/h5-11,15,20H,3-4,12-14H2,1-2H3. The second kappa shape index (κ2) is 8.98.